The molecule has 0 unspecified atom stereocenters. The first-order chi connectivity index (χ1) is 12.5. The Bertz CT molecular complexity index is 1190. The normalized spacial score (nSPS) is 11.0. The fourth-order valence-electron chi connectivity index (χ4n) is 2.73. The number of oxazole rings is 1. The summed E-state index contributed by atoms with van der Waals surface area (Å²) in [6.45, 7) is 1.81. The number of H-pyrrole nitrogens is 1. The van der Waals surface area contributed by atoms with Gasteiger partial charge in [0, 0.05) is 10.7 Å². The van der Waals surface area contributed by atoms with E-state index in [1.807, 2.05) is 12.1 Å². The van der Waals surface area contributed by atoms with Crippen LogP contribution in [0.3, 0.4) is 0 Å². The number of amides is 1. The van der Waals surface area contributed by atoms with E-state index in [9.17, 15) is 9.59 Å². The number of fused-ring (bicyclic) bond motifs is 1. The van der Waals surface area contributed by atoms with Crippen LogP contribution in [-0.2, 0) is 0 Å². The maximum atomic E-state index is 12.6. The third-order valence-corrected chi connectivity index (χ3v) is 4.22. The van der Waals surface area contributed by atoms with Crippen molar-refractivity contribution in [2.75, 3.05) is 5.32 Å². The number of aromatic nitrogens is 3. The molecule has 2 aromatic heterocycles. The minimum absolute atomic E-state index is 0.305. The fraction of sp³-hybridized carbons (Fsp3) is 0.0556. The Morgan fingerprint density at radius 2 is 2.12 bits per heavy atom. The van der Waals surface area contributed by atoms with Crippen molar-refractivity contribution in [1.82, 2.24) is 14.8 Å². The first-order valence-corrected chi connectivity index (χ1v) is 8.14. The summed E-state index contributed by atoms with van der Waals surface area (Å²) in [5.74, 6) is -0.844. The van der Waals surface area contributed by atoms with Crippen LogP contribution in [0.4, 0.5) is 5.69 Å². The SMILES string of the molecule is Cc1c(C(=O)Nc2ccc3oc(=O)[nH]c3c2)cnn1-c1cccc(Cl)c1. The van der Waals surface area contributed by atoms with Gasteiger partial charge in [-0.2, -0.15) is 5.10 Å². The summed E-state index contributed by atoms with van der Waals surface area (Å²) < 4.78 is 6.60. The van der Waals surface area contributed by atoms with Crippen LogP contribution in [0.2, 0.25) is 5.02 Å². The van der Waals surface area contributed by atoms with E-state index in [4.69, 9.17) is 16.0 Å². The largest absolute Gasteiger partial charge is 0.417 e. The molecule has 0 aliphatic heterocycles. The van der Waals surface area contributed by atoms with Crippen LogP contribution >= 0.6 is 11.6 Å². The summed E-state index contributed by atoms with van der Waals surface area (Å²) in [5, 5.41) is 7.66. The van der Waals surface area contributed by atoms with Gasteiger partial charge in [0.2, 0.25) is 0 Å². The summed E-state index contributed by atoms with van der Waals surface area (Å²) in [7, 11) is 0. The molecule has 0 saturated carbocycles. The summed E-state index contributed by atoms with van der Waals surface area (Å²) in [6.07, 6.45) is 1.50. The van der Waals surface area contributed by atoms with Gasteiger partial charge < -0.3 is 9.73 Å². The third kappa shape index (κ3) is 2.89. The molecule has 0 atom stereocenters. The topological polar surface area (TPSA) is 92.9 Å². The Morgan fingerprint density at radius 3 is 2.92 bits per heavy atom. The summed E-state index contributed by atoms with van der Waals surface area (Å²) in [6, 6.07) is 12.1. The highest BCUT2D eigenvalue weighted by atomic mass is 35.5. The number of halogens is 1. The lowest BCUT2D eigenvalue weighted by Crippen LogP contribution is -2.13. The molecule has 130 valence electrons. The van der Waals surface area contributed by atoms with Gasteiger partial charge in [-0.3, -0.25) is 9.78 Å². The molecule has 2 N–H and O–H groups in total. The van der Waals surface area contributed by atoms with Crippen molar-refractivity contribution in [2.45, 2.75) is 6.92 Å². The molecule has 1 amide bonds. The molecule has 7 nitrogen and oxygen atoms in total. The van der Waals surface area contributed by atoms with Crippen LogP contribution in [0.15, 0.2) is 57.9 Å². The van der Waals surface area contributed by atoms with Crippen LogP contribution in [0, 0.1) is 6.92 Å². The van der Waals surface area contributed by atoms with E-state index in [0.29, 0.717) is 33.1 Å². The molecule has 0 bridgehead atoms. The number of nitrogens with zero attached hydrogens (tertiary/aromatic N) is 2. The summed E-state index contributed by atoms with van der Waals surface area (Å²) in [4.78, 5) is 26.4. The smallest absolute Gasteiger partial charge is 0.408 e. The number of benzene rings is 2. The van der Waals surface area contributed by atoms with E-state index in [1.54, 1.807) is 41.9 Å². The fourth-order valence-corrected chi connectivity index (χ4v) is 2.91. The Morgan fingerprint density at radius 1 is 1.27 bits per heavy atom. The highest BCUT2D eigenvalue weighted by Gasteiger charge is 2.16. The van der Waals surface area contributed by atoms with Crippen molar-refractivity contribution >= 4 is 34.3 Å². The Balaban J connectivity index is 1.62. The number of anilines is 1. The highest BCUT2D eigenvalue weighted by molar-refractivity contribution is 6.30. The molecule has 4 aromatic rings. The van der Waals surface area contributed by atoms with Crippen LogP contribution in [0.25, 0.3) is 16.8 Å². The van der Waals surface area contributed by atoms with Crippen molar-refractivity contribution in [1.29, 1.82) is 0 Å². The van der Waals surface area contributed by atoms with E-state index in [-0.39, 0.29) is 5.91 Å². The zero-order valence-corrected chi connectivity index (χ0v) is 14.4. The number of aromatic amines is 1. The quantitative estimate of drug-likeness (QED) is 0.578. The van der Waals surface area contributed by atoms with Gasteiger partial charge in [0.1, 0.15) is 0 Å². The van der Waals surface area contributed by atoms with Gasteiger partial charge in [-0.1, -0.05) is 17.7 Å². The van der Waals surface area contributed by atoms with Gasteiger partial charge in [0.15, 0.2) is 5.58 Å². The average Bonchev–Trinajstić information content (AvgIpc) is 3.16. The van der Waals surface area contributed by atoms with Gasteiger partial charge in [0.25, 0.3) is 5.91 Å². The van der Waals surface area contributed by atoms with Crippen molar-refractivity contribution in [2.24, 2.45) is 0 Å². The van der Waals surface area contributed by atoms with E-state index >= 15 is 0 Å². The second-order valence-corrected chi connectivity index (χ2v) is 6.15. The standard InChI is InChI=1S/C18H13ClN4O3/c1-10-14(9-20-23(10)13-4-2-3-11(19)7-13)17(24)21-12-5-6-16-15(8-12)22-18(25)26-16/h2-9H,1H3,(H,21,24)(H,22,25). The van der Waals surface area contributed by atoms with E-state index < -0.39 is 5.76 Å². The third-order valence-electron chi connectivity index (χ3n) is 3.98. The maximum absolute atomic E-state index is 12.6. The first kappa shape index (κ1) is 16.2. The van der Waals surface area contributed by atoms with E-state index in [1.165, 1.54) is 6.20 Å². The maximum Gasteiger partial charge on any atom is 0.417 e. The van der Waals surface area contributed by atoms with Crippen molar-refractivity contribution in [3.05, 3.63) is 75.5 Å². The minimum Gasteiger partial charge on any atom is -0.408 e. The van der Waals surface area contributed by atoms with Crippen molar-refractivity contribution in [3.63, 3.8) is 0 Å². The van der Waals surface area contributed by atoms with Gasteiger partial charge in [0.05, 0.1) is 28.7 Å². The summed E-state index contributed by atoms with van der Waals surface area (Å²) in [5.41, 5.74) is 3.37. The molecule has 2 aromatic carbocycles. The molecular formula is C18H13ClN4O3. The zero-order valence-electron chi connectivity index (χ0n) is 13.6. The lowest BCUT2D eigenvalue weighted by Gasteiger charge is -2.07. The predicted molar refractivity (Wildman–Crippen MR) is 98.1 cm³/mol. The number of hydrogen-bond acceptors (Lipinski definition) is 4. The van der Waals surface area contributed by atoms with Crippen LogP contribution in [0.5, 0.6) is 0 Å². The van der Waals surface area contributed by atoms with Crippen LogP contribution in [0.1, 0.15) is 16.1 Å². The minimum atomic E-state index is -0.540. The molecule has 0 aliphatic rings. The monoisotopic (exact) mass is 368 g/mol. The first-order valence-electron chi connectivity index (χ1n) is 7.76. The predicted octanol–water partition coefficient (Wildman–Crippen LogP) is 3.52. The molecule has 2 heterocycles. The molecule has 0 fully saturated rings. The van der Waals surface area contributed by atoms with E-state index in [2.05, 4.69) is 15.4 Å². The molecular weight excluding hydrogens is 356 g/mol. The highest BCUT2D eigenvalue weighted by Crippen LogP contribution is 2.20. The number of carbonyl (C=O) groups is 1. The van der Waals surface area contributed by atoms with Gasteiger partial charge in [-0.15, -0.1) is 0 Å². The number of nitrogens with one attached hydrogen (secondary N) is 2. The number of rotatable bonds is 3. The lowest BCUT2D eigenvalue weighted by atomic mass is 10.2. The molecule has 0 saturated heterocycles. The van der Waals surface area contributed by atoms with Crippen molar-refractivity contribution in [3.8, 4) is 5.69 Å². The lowest BCUT2D eigenvalue weighted by molar-refractivity contribution is 0.102. The van der Waals surface area contributed by atoms with Crippen LogP contribution < -0.4 is 11.1 Å². The average molecular weight is 369 g/mol. The second-order valence-electron chi connectivity index (χ2n) is 5.71. The Hall–Kier alpha value is -3.32. The molecule has 26 heavy (non-hydrogen) atoms. The van der Waals surface area contributed by atoms with Gasteiger partial charge >= 0.3 is 5.76 Å². The molecule has 8 heteroatoms. The molecule has 4 rings (SSSR count). The molecule has 0 radical (unpaired) electrons. The molecule has 0 spiro atoms. The zero-order chi connectivity index (χ0) is 18.3. The second kappa shape index (κ2) is 6.20. The van der Waals surface area contributed by atoms with Gasteiger partial charge in [-0.05, 0) is 43.3 Å². The Labute approximate surface area is 152 Å². The number of hydrogen-bond donors (Lipinski definition) is 2. The van der Waals surface area contributed by atoms with Crippen molar-refractivity contribution < 1.29 is 9.21 Å². The Kier molecular flexibility index (Phi) is 3.85. The number of carbonyl (C=O) groups excluding carboxylic acids is 1. The van der Waals surface area contributed by atoms with Crippen LogP contribution in [-0.4, -0.2) is 20.7 Å². The molecule has 0 aliphatic carbocycles. The van der Waals surface area contributed by atoms with Gasteiger partial charge in [-0.25, -0.2) is 9.48 Å². The van der Waals surface area contributed by atoms with E-state index in [0.717, 1.165) is 5.69 Å². The summed E-state index contributed by atoms with van der Waals surface area (Å²) >= 11 is 6.02.